The highest BCUT2D eigenvalue weighted by Gasteiger charge is 2.27. The molecule has 0 unspecified atom stereocenters. The second-order valence-corrected chi connectivity index (χ2v) is 4.15. The van der Waals surface area contributed by atoms with Crippen LogP contribution in [0.5, 0.6) is 0 Å². The molecule has 0 spiro atoms. The van der Waals surface area contributed by atoms with E-state index in [1.54, 1.807) is 0 Å². The van der Waals surface area contributed by atoms with Gasteiger partial charge in [-0.1, -0.05) is 0 Å². The Kier molecular flexibility index (Phi) is 2.83. The van der Waals surface area contributed by atoms with Gasteiger partial charge in [-0.05, 0) is 44.7 Å². The maximum atomic E-state index is 11.3. The third kappa shape index (κ3) is 2.21. The maximum absolute atomic E-state index is 11.3. The van der Waals surface area contributed by atoms with Crippen molar-refractivity contribution in [3.05, 3.63) is 0 Å². The molecule has 0 aromatic carbocycles. The van der Waals surface area contributed by atoms with E-state index in [9.17, 15) is 4.79 Å². The smallest absolute Gasteiger partial charge is 0.220 e. The van der Waals surface area contributed by atoms with E-state index in [1.807, 2.05) is 0 Å². The van der Waals surface area contributed by atoms with Crippen LogP contribution in [0.1, 0.15) is 32.1 Å². The van der Waals surface area contributed by atoms with E-state index in [4.69, 9.17) is 0 Å². The number of nitrogens with one attached hydrogen (secondary N) is 2. The molecule has 3 nitrogen and oxygen atoms in total. The highest BCUT2D eigenvalue weighted by atomic mass is 16.1. The van der Waals surface area contributed by atoms with Crippen LogP contribution in [0.3, 0.4) is 0 Å². The zero-order valence-corrected chi connectivity index (χ0v) is 8.01. The van der Waals surface area contributed by atoms with Crippen LogP contribution in [-0.2, 0) is 4.79 Å². The van der Waals surface area contributed by atoms with Gasteiger partial charge in [0.25, 0.3) is 0 Å². The van der Waals surface area contributed by atoms with Crippen molar-refractivity contribution >= 4 is 5.91 Å². The summed E-state index contributed by atoms with van der Waals surface area (Å²) in [5.41, 5.74) is 0. The van der Waals surface area contributed by atoms with Crippen LogP contribution < -0.4 is 10.6 Å². The number of rotatable bonds is 0. The van der Waals surface area contributed by atoms with Crippen LogP contribution in [-0.4, -0.2) is 25.0 Å². The summed E-state index contributed by atoms with van der Waals surface area (Å²) >= 11 is 0. The van der Waals surface area contributed by atoms with E-state index in [0.29, 0.717) is 6.04 Å². The summed E-state index contributed by atoms with van der Waals surface area (Å²) in [6.45, 7) is 2.18. The minimum atomic E-state index is 0.259. The van der Waals surface area contributed by atoms with Crippen molar-refractivity contribution in [2.75, 3.05) is 13.1 Å². The molecule has 13 heavy (non-hydrogen) atoms. The second kappa shape index (κ2) is 4.09. The van der Waals surface area contributed by atoms with Crippen LogP contribution in [0.2, 0.25) is 0 Å². The fourth-order valence-electron chi connectivity index (χ4n) is 2.45. The quantitative estimate of drug-likeness (QED) is 0.577. The highest BCUT2D eigenvalue weighted by Crippen LogP contribution is 2.23. The molecule has 0 bridgehead atoms. The predicted octanol–water partition coefficient (Wildman–Crippen LogP) is 0.655. The highest BCUT2D eigenvalue weighted by molar-refractivity contribution is 5.76. The third-order valence-electron chi connectivity index (χ3n) is 3.22. The van der Waals surface area contributed by atoms with Crippen molar-refractivity contribution in [3.63, 3.8) is 0 Å². The largest absolute Gasteiger partial charge is 0.353 e. The molecule has 2 fully saturated rings. The van der Waals surface area contributed by atoms with Crippen LogP contribution in [0.4, 0.5) is 0 Å². The van der Waals surface area contributed by atoms with Gasteiger partial charge >= 0.3 is 0 Å². The van der Waals surface area contributed by atoms with Gasteiger partial charge in [-0.25, -0.2) is 0 Å². The van der Waals surface area contributed by atoms with E-state index < -0.39 is 0 Å². The standard InChI is InChI=1S/C10H18N2O/c13-10-3-1-2-8-4-6-11-7-5-9(8)12-10/h8-9,11H,1-7H2,(H,12,13)/t8-,9-/m1/s1. The van der Waals surface area contributed by atoms with Gasteiger partial charge in [-0.3, -0.25) is 4.79 Å². The molecule has 2 saturated heterocycles. The second-order valence-electron chi connectivity index (χ2n) is 4.15. The molecule has 2 aliphatic rings. The molecule has 2 heterocycles. The van der Waals surface area contributed by atoms with Crippen LogP contribution in [0, 0.1) is 5.92 Å². The predicted molar refractivity (Wildman–Crippen MR) is 51.4 cm³/mol. The molecule has 2 aliphatic heterocycles. The first kappa shape index (κ1) is 9.00. The van der Waals surface area contributed by atoms with Crippen molar-refractivity contribution in [2.45, 2.75) is 38.1 Å². The molecule has 0 saturated carbocycles. The Hall–Kier alpha value is -0.570. The summed E-state index contributed by atoms with van der Waals surface area (Å²) in [6, 6.07) is 0.449. The Balaban J connectivity index is 2.01. The van der Waals surface area contributed by atoms with E-state index in [2.05, 4.69) is 10.6 Å². The lowest BCUT2D eigenvalue weighted by atomic mass is 9.91. The Morgan fingerprint density at radius 2 is 2.00 bits per heavy atom. The summed E-state index contributed by atoms with van der Waals surface area (Å²) in [5, 5.41) is 6.53. The molecule has 0 aliphatic carbocycles. The number of fused-ring (bicyclic) bond motifs is 1. The molecule has 2 N–H and O–H groups in total. The summed E-state index contributed by atoms with van der Waals surface area (Å²) in [5.74, 6) is 0.982. The Morgan fingerprint density at radius 3 is 2.92 bits per heavy atom. The van der Waals surface area contributed by atoms with Gasteiger partial charge in [0, 0.05) is 12.5 Å². The summed E-state index contributed by atoms with van der Waals surface area (Å²) in [4.78, 5) is 11.3. The van der Waals surface area contributed by atoms with Gasteiger partial charge in [-0.15, -0.1) is 0 Å². The SMILES string of the molecule is O=C1CCC[C@@H]2CCNCC[C@H]2N1. The zero-order chi connectivity index (χ0) is 9.10. The van der Waals surface area contributed by atoms with Gasteiger partial charge in [0.05, 0.1) is 0 Å². The van der Waals surface area contributed by atoms with Crippen molar-refractivity contribution < 1.29 is 4.79 Å². The fraction of sp³-hybridized carbons (Fsp3) is 0.900. The molecule has 0 aromatic rings. The van der Waals surface area contributed by atoms with Gasteiger partial charge in [0.1, 0.15) is 0 Å². The first-order chi connectivity index (χ1) is 6.36. The summed E-state index contributed by atoms with van der Waals surface area (Å²) in [7, 11) is 0. The number of carbonyl (C=O) groups excluding carboxylic acids is 1. The maximum Gasteiger partial charge on any atom is 0.220 e. The molecular formula is C10H18N2O. The number of amides is 1. The average molecular weight is 182 g/mol. The normalized spacial score (nSPS) is 35.5. The van der Waals surface area contributed by atoms with E-state index in [-0.39, 0.29) is 5.91 Å². The first-order valence-electron chi connectivity index (χ1n) is 5.36. The molecule has 2 rings (SSSR count). The average Bonchev–Trinajstić information content (AvgIpc) is 2.38. The lowest BCUT2D eigenvalue weighted by Gasteiger charge is -2.22. The van der Waals surface area contributed by atoms with Gasteiger partial charge in [0.15, 0.2) is 0 Å². The Morgan fingerprint density at radius 1 is 1.15 bits per heavy atom. The molecule has 1 amide bonds. The van der Waals surface area contributed by atoms with Crippen molar-refractivity contribution in [1.29, 1.82) is 0 Å². The van der Waals surface area contributed by atoms with Crippen LogP contribution >= 0.6 is 0 Å². The molecule has 74 valence electrons. The minimum absolute atomic E-state index is 0.259. The van der Waals surface area contributed by atoms with E-state index >= 15 is 0 Å². The topological polar surface area (TPSA) is 41.1 Å². The molecule has 3 heteroatoms. The molecule has 0 radical (unpaired) electrons. The van der Waals surface area contributed by atoms with Crippen molar-refractivity contribution in [1.82, 2.24) is 10.6 Å². The van der Waals surface area contributed by atoms with E-state index in [0.717, 1.165) is 38.3 Å². The van der Waals surface area contributed by atoms with Crippen LogP contribution in [0.15, 0.2) is 0 Å². The number of hydrogen-bond donors (Lipinski definition) is 2. The number of hydrogen-bond acceptors (Lipinski definition) is 2. The fourth-order valence-corrected chi connectivity index (χ4v) is 2.45. The lowest BCUT2D eigenvalue weighted by Crippen LogP contribution is -2.38. The van der Waals surface area contributed by atoms with E-state index in [1.165, 1.54) is 12.8 Å². The first-order valence-corrected chi connectivity index (χ1v) is 5.36. The summed E-state index contributed by atoms with van der Waals surface area (Å²) in [6.07, 6.45) is 5.37. The monoisotopic (exact) mass is 182 g/mol. The molecule has 0 aromatic heterocycles. The van der Waals surface area contributed by atoms with Crippen LogP contribution in [0.25, 0.3) is 0 Å². The Bertz CT molecular complexity index is 193. The van der Waals surface area contributed by atoms with Gasteiger partial charge in [0.2, 0.25) is 5.91 Å². The zero-order valence-electron chi connectivity index (χ0n) is 8.01. The van der Waals surface area contributed by atoms with Gasteiger partial charge < -0.3 is 10.6 Å². The summed E-state index contributed by atoms with van der Waals surface area (Å²) < 4.78 is 0. The lowest BCUT2D eigenvalue weighted by molar-refractivity contribution is -0.121. The third-order valence-corrected chi connectivity index (χ3v) is 3.22. The number of carbonyl (C=O) groups is 1. The Labute approximate surface area is 79.3 Å². The van der Waals surface area contributed by atoms with Gasteiger partial charge in [-0.2, -0.15) is 0 Å². The molecular weight excluding hydrogens is 164 g/mol. The molecule has 2 atom stereocenters. The minimum Gasteiger partial charge on any atom is -0.353 e. The van der Waals surface area contributed by atoms with Crippen molar-refractivity contribution in [2.24, 2.45) is 5.92 Å². The van der Waals surface area contributed by atoms with Crippen molar-refractivity contribution in [3.8, 4) is 0 Å².